The standard InChI is InChI=1S/C25H20ClFN2O4S/c26-23-21(34-20-8-4-3-7-19(20)29(32)33)12-16-22(23)15-11-13(25(30)31)9-10-18(15)28-24(16)14-5-1-2-6-17(14)27/h1-11,16,21-24,28H,12H2,(H,30,31)/t16-,21+,22-,23+,24+/m1/s1. The lowest BCUT2D eigenvalue weighted by atomic mass is 9.76. The average Bonchev–Trinajstić information content (AvgIpc) is 3.15. The first-order chi connectivity index (χ1) is 16.3. The smallest absolute Gasteiger partial charge is 0.335 e. The zero-order valence-electron chi connectivity index (χ0n) is 17.7. The SMILES string of the molecule is O=C(O)c1ccc2c(c1)[C@H]1[C@@H](Cl)[C@@H](Sc3ccccc3[N+](=O)[O-])C[C@H]1[C@H](c1ccccc1F)N2. The Morgan fingerprint density at radius 1 is 1.12 bits per heavy atom. The van der Waals surface area contributed by atoms with Gasteiger partial charge in [0.2, 0.25) is 0 Å². The van der Waals surface area contributed by atoms with Crippen molar-refractivity contribution in [3.05, 3.63) is 99.4 Å². The number of hydrogen-bond acceptors (Lipinski definition) is 5. The monoisotopic (exact) mass is 498 g/mol. The van der Waals surface area contributed by atoms with Crippen molar-refractivity contribution in [2.24, 2.45) is 5.92 Å². The van der Waals surface area contributed by atoms with E-state index in [0.717, 1.165) is 11.3 Å². The molecule has 2 N–H and O–H groups in total. The molecule has 0 unspecified atom stereocenters. The summed E-state index contributed by atoms with van der Waals surface area (Å²) in [5.41, 5.74) is 2.20. The molecule has 1 saturated carbocycles. The zero-order valence-corrected chi connectivity index (χ0v) is 19.3. The van der Waals surface area contributed by atoms with Crippen molar-refractivity contribution in [3.8, 4) is 0 Å². The maximum absolute atomic E-state index is 14.8. The molecular weight excluding hydrogens is 479 g/mol. The number of alkyl halides is 1. The highest BCUT2D eigenvalue weighted by molar-refractivity contribution is 8.00. The quantitative estimate of drug-likeness (QED) is 0.238. The summed E-state index contributed by atoms with van der Waals surface area (Å²) in [5, 5.41) is 23.8. The molecule has 6 nitrogen and oxygen atoms in total. The number of para-hydroxylation sites is 1. The summed E-state index contributed by atoms with van der Waals surface area (Å²) in [6, 6.07) is 17.6. The lowest BCUT2D eigenvalue weighted by Gasteiger charge is -2.38. The third kappa shape index (κ3) is 3.91. The molecule has 3 aromatic rings. The fourth-order valence-electron chi connectivity index (χ4n) is 5.15. The third-order valence-electron chi connectivity index (χ3n) is 6.64. The number of nitro groups is 1. The van der Waals surface area contributed by atoms with Crippen LogP contribution in [-0.4, -0.2) is 26.6 Å². The van der Waals surface area contributed by atoms with Gasteiger partial charge in [0.05, 0.1) is 26.8 Å². The predicted molar refractivity (Wildman–Crippen MR) is 129 cm³/mol. The Morgan fingerprint density at radius 3 is 2.59 bits per heavy atom. The number of aromatic carboxylic acids is 1. The van der Waals surface area contributed by atoms with E-state index in [1.54, 1.807) is 48.5 Å². The Bertz CT molecular complexity index is 1290. The molecule has 2 aliphatic rings. The van der Waals surface area contributed by atoms with E-state index >= 15 is 0 Å². The molecule has 0 spiro atoms. The molecule has 5 atom stereocenters. The van der Waals surface area contributed by atoms with Crippen molar-refractivity contribution in [3.63, 3.8) is 0 Å². The van der Waals surface area contributed by atoms with Gasteiger partial charge in [-0.25, -0.2) is 9.18 Å². The molecule has 1 aliphatic heterocycles. The number of rotatable bonds is 5. The van der Waals surface area contributed by atoms with E-state index in [-0.39, 0.29) is 40.2 Å². The van der Waals surface area contributed by atoms with E-state index in [1.807, 2.05) is 0 Å². The van der Waals surface area contributed by atoms with Crippen LogP contribution in [0.3, 0.4) is 0 Å². The second-order valence-electron chi connectivity index (χ2n) is 8.50. The lowest BCUT2D eigenvalue weighted by molar-refractivity contribution is -0.387. The average molecular weight is 499 g/mol. The largest absolute Gasteiger partial charge is 0.478 e. The van der Waals surface area contributed by atoms with Gasteiger partial charge >= 0.3 is 5.97 Å². The van der Waals surface area contributed by atoms with Crippen LogP contribution in [0.15, 0.2) is 71.6 Å². The van der Waals surface area contributed by atoms with Crippen LogP contribution >= 0.6 is 23.4 Å². The van der Waals surface area contributed by atoms with Crippen LogP contribution in [0.25, 0.3) is 0 Å². The summed E-state index contributed by atoms with van der Waals surface area (Å²) in [4.78, 5) is 23.3. The molecule has 0 bridgehead atoms. The van der Waals surface area contributed by atoms with Gasteiger partial charge in [-0.15, -0.1) is 23.4 Å². The Kier molecular flexibility index (Phi) is 5.95. The van der Waals surface area contributed by atoms with Gasteiger partial charge in [0.25, 0.3) is 5.69 Å². The highest BCUT2D eigenvalue weighted by Gasteiger charge is 2.51. The van der Waals surface area contributed by atoms with Crippen LogP contribution in [0.2, 0.25) is 0 Å². The normalized spacial score (nSPS) is 25.2. The van der Waals surface area contributed by atoms with Crippen molar-refractivity contribution in [1.29, 1.82) is 0 Å². The van der Waals surface area contributed by atoms with Crippen LogP contribution in [0.4, 0.5) is 15.8 Å². The summed E-state index contributed by atoms with van der Waals surface area (Å²) in [5.74, 6) is -1.74. The minimum Gasteiger partial charge on any atom is -0.478 e. The Hall–Kier alpha value is -3.10. The van der Waals surface area contributed by atoms with Gasteiger partial charge in [0.1, 0.15) is 5.82 Å². The van der Waals surface area contributed by atoms with E-state index in [1.165, 1.54) is 30.0 Å². The van der Waals surface area contributed by atoms with Gasteiger partial charge in [-0.2, -0.15) is 0 Å². The van der Waals surface area contributed by atoms with E-state index in [2.05, 4.69) is 5.32 Å². The fraction of sp³-hybridized carbons (Fsp3) is 0.240. The highest BCUT2D eigenvalue weighted by atomic mass is 35.5. The number of anilines is 1. The Labute approximate surface area is 204 Å². The van der Waals surface area contributed by atoms with Crippen LogP contribution < -0.4 is 5.32 Å². The molecule has 3 aromatic carbocycles. The number of nitrogens with one attached hydrogen (secondary N) is 1. The fourth-order valence-corrected chi connectivity index (χ4v) is 7.10. The zero-order chi connectivity index (χ0) is 24.0. The Morgan fingerprint density at radius 2 is 1.85 bits per heavy atom. The van der Waals surface area contributed by atoms with Crippen molar-refractivity contribution in [1.82, 2.24) is 0 Å². The maximum atomic E-state index is 14.8. The second kappa shape index (κ2) is 8.92. The number of hydrogen-bond donors (Lipinski definition) is 2. The molecule has 34 heavy (non-hydrogen) atoms. The summed E-state index contributed by atoms with van der Waals surface area (Å²) < 4.78 is 14.8. The molecule has 0 saturated heterocycles. The van der Waals surface area contributed by atoms with Crippen LogP contribution in [-0.2, 0) is 0 Å². The third-order valence-corrected chi connectivity index (χ3v) is 8.75. The lowest BCUT2D eigenvalue weighted by Crippen LogP contribution is -2.32. The van der Waals surface area contributed by atoms with E-state index < -0.39 is 16.3 Å². The van der Waals surface area contributed by atoms with Crippen LogP contribution in [0.5, 0.6) is 0 Å². The number of carbonyl (C=O) groups is 1. The van der Waals surface area contributed by atoms with Gasteiger partial charge in [0, 0.05) is 28.5 Å². The number of carboxylic acids is 1. The van der Waals surface area contributed by atoms with Crippen LogP contribution in [0.1, 0.15) is 39.9 Å². The van der Waals surface area contributed by atoms with Gasteiger partial charge < -0.3 is 10.4 Å². The van der Waals surface area contributed by atoms with Gasteiger partial charge in [-0.1, -0.05) is 30.3 Å². The number of benzene rings is 3. The minimum absolute atomic E-state index is 0.0172. The summed E-state index contributed by atoms with van der Waals surface area (Å²) >= 11 is 8.38. The van der Waals surface area contributed by atoms with E-state index in [0.29, 0.717) is 16.9 Å². The van der Waals surface area contributed by atoms with Gasteiger partial charge in [0.15, 0.2) is 0 Å². The van der Waals surface area contributed by atoms with Crippen LogP contribution in [0, 0.1) is 21.8 Å². The first kappa shape index (κ1) is 22.7. The summed E-state index contributed by atoms with van der Waals surface area (Å²) in [6.45, 7) is 0. The summed E-state index contributed by atoms with van der Waals surface area (Å²) in [6.07, 6.45) is 0.582. The number of halogens is 2. The molecule has 1 fully saturated rings. The van der Waals surface area contributed by atoms with E-state index in [4.69, 9.17) is 11.6 Å². The topological polar surface area (TPSA) is 92.5 Å². The molecule has 9 heteroatoms. The van der Waals surface area contributed by atoms with Gasteiger partial charge in [-0.3, -0.25) is 10.1 Å². The minimum atomic E-state index is -1.04. The van der Waals surface area contributed by atoms with Gasteiger partial charge in [-0.05, 0) is 48.2 Å². The predicted octanol–water partition coefficient (Wildman–Crippen LogP) is 6.47. The first-order valence-electron chi connectivity index (χ1n) is 10.8. The molecule has 5 rings (SSSR count). The molecule has 0 amide bonds. The molecule has 0 radical (unpaired) electrons. The maximum Gasteiger partial charge on any atom is 0.335 e. The molecule has 0 aromatic heterocycles. The number of nitrogens with zero attached hydrogens (tertiary/aromatic N) is 1. The van der Waals surface area contributed by atoms with Crippen molar-refractivity contribution in [2.45, 2.75) is 33.9 Å². The Balaban J connectivity index is 1.57. The number of carboxylic acid groups (broad SMARTS) is 1. The van der Waals surface area contributed by atoms with Crippen molar-refractivity contribution in [2.75, 3.05) is 5.32 Å². The number of thioether (sulfide) groups is 1. The highest BCUT2D eigenvalue weighted by Crippen LogP contribution is 2.58. The molecule has 1 heterocycles. The van der Waals surface area contributed by atoms with Crippen molar-refractivity contribution < 1.29 is 19.2 Å². The first-order valence-corrected chi connectivity index (χ1v) is 12.1. The summed E-state index contributed by atoms with van der Waals surface area (Å²) in [7, 11) is 0. The molecule has 174 valence electrons. The molecular formula is C25H20ClFN2O4S. The number of fused-ring (bicyclic) bond motifs is 3. The molecule has 1 aliphatic carbocycles. The second-order valence-corrected chi connectivity index (χ2v) is 10.3. The van der Waals surface area contributed by atoms with E-state index in [9.17, 15) is 24.4 Å². The van der Waals surface area contributed by atoms with Crippen molar-refractivity contribution >= 4 is 40.7 Å². The number of nitro benzene ring substituents is 1.